The van der Waals surface area contributed by atoms with E-state index in [0.29, 0.717) is 5.92 Å². The smallest absolute Gasteiger partial charge is 0.0709 e. The molecule has 0 amide bonds. The third kappa shape index (κ3) is 5.90. The van der Waals surface area contributed by atoms with Gasteiger partial charge >= 0.3 is 0 Å². The first-order valence-electron chi connectivity index (χ1n) is 11.7. The highest BCUT2D eigenvalue weighted by molar-refractivity contribution is 5.67. The van der Waals surface area contributed by atoms with Gasteiger partial charge in [0.15, 0.2) is 0 Å². The van der Waals surface area contributed by atoms with Gasteiger partial charge in [0.2, 0.25) is 0 Å². The van der Waals surface area contributed by atoms with Crippen molar-refractivity contribution >= 4 is 0 Å². The van der Waals surface area contributed by atoms with Gasteiger partial charge in [-0.05, 0) is 66.8 Å². The molecule has 0 saturated carbocycles. The highest BCUT2D eigenvalue weighted by Gasteiger charge is 2.12. The molecule has 2 nitrogen and oxygen atoms in total. The molecule has 2 unspecified atom stereocenters. The van der Waals surface area contributed by atoms with Crippen LogP contribution in [0.25, 0.3) is 22.5 Å². The van der Waals surface area contributed by atoms with Crippen LogP contribution in [0, 0.1) is 0 Å². The van der Waals surface area contributed by atoms with Crippen LogP contribution in [0.2, 0.25) is 0 Å². The summed E-state index contributed by atoms with van der Waals surface area (Å²) in [6.45, 7) is 18.1. The normalized spacial score (nSPS) is 13.6. The van der Waals surface area contributed by atoms with Gasteiger partial charge in [-0.3, -0.25) is 0 Å². The number of hydrogen-bond acceptors (Lipinski definition) is 2. The van der Waals surface area contributed by atoms with E-state index in [1.807, 2.05) is 25.2 Å². The van der Waals surface area contributed by atoms with Crippen LogP contribution < -0.4 is 5.32 Å². The lowest BCUT2D eigenvalue weighted by Crippen LogP contribution is -2.19. The van der Waals surface area contributed by atoms with Crippen molar-refractivity contribution in [3.8, 4) is 22.5 Å². The zero-order valence-corrected chi connectivity index (χ0v) is 20.5. The average Bonchev–Trinajstić information content (AvgIpc) is 2.90. The Morgan fingerprint density at radius 2 is 1.44 bits per heavy atom. The summed E-state index contributed by atoms with van der Waals surface area (Å²) in [6.07, 6.45) is 9.76. The van der Waals surface area contributed by atoms with Gasteiger partial charge in [0.05, 0.1) is 17.4 Å². The molecule has 0 aliphatic heterocycles. The van der Waals surface area contributed by atoms with E-state index in [4.69, 9.17) is 4.98 Å². The molecule has 0 saturated heterocycles. The van der Waals surface area contributed by atoms with Gasteiger partial charge in [0.1, 0.15) is 0 Å². The summed E-state index contributed by atoms with van der Waals surface area (Å²) in [5, 5.41) is 3.58. The van der Waals surface area contributed by atoms with Crippen LogP contribution >= 0.6 is 0 Å². The second-order valence-electron chi connectivity index (χ2n) is 8.33. The summed E-state index contributed by atoms with van der Waals surface area (Å²) < 4.78 is 0. The van der Waals surface area contributed by atoms with Crippen LogP contribution in [-0.2, 0) is 0 Å². The molecule has 0 aliphatic carbocycles. The summed E-state index contributed by atoms with van der Waals surface area (Å²) in [5.74, 6) is 0.300. The standard InChI is InChI=1S/C32H34N2/c1-7-14-30(24(6)9-3)33-29(10-4)26-16-12-18-28(22-26)32-20-13-19-31(34-32)27-17-11-15-25(21-27)23(5)8-2/h7-23,29,33H,1-2,4H2,3,5-6H3/b24-9-,30-14+. The fraction of sp³-hybridized carbons (Fsp3) is 0.156. The third-order valence-electron chi connectivity index (χ3n) is 6.04. The summed E-state index contributed by atoms with van der Waals surface area (Å²) in [6, 6.07) is 23.1. The van der Waals surface area contributed by atoms with E-state index in [-0.39, 0.29) is 6.04 Å². The van der Waals surface area contributed by atoms with Gasteiger partial charge in [-0.1, -0.05) is 80.3 Å². The second kappa shape index (κ2) is 11.8. The quantitative estimate of drug-likeness (QED) is 0.249. The minimum atomic E-state index is -0.0405. The maximum Gasteiger partial charge on any atom is 0.0709 e. The fourth-order valence-corrected chi connectivity index (χ4v) is 3.78. The van der Waals surface area contributed by atoms with Crippen LogP contribution in [-0.4, -0.2) is 4.98 Å². The van der Waals surface area contributed by atoms with Gasteiger partial charge in [-0.2, -0.15) is 0 Å². The number of nitrogens with one attached hydrogen (secondary N) is 1. The van der Waals surface area contributed by atoms with Gasteiger partial charge in [0, 0.05) is 16.8 Å². The van der Waals surface area contributed by atoms with E-state index in [1.165, 1.54) is 5.56 Å². The van der Waals surface area contributed by atoms with Crippen molar-refractivity contribution in [3.63, 3.8) is 0 Å². The molecule has 0 fully saturated rings. The monoisotopic (exact) mass is 446 g/mol. The van der Waals surface area contributed by atoms with E-state index in [0.717, 1.165) is 39.3 Å². The van der Waals surface area contributed by atoms with Gasteiger partial charge in [-0.15, -0.1) is 13.2 Å². The van der Waals surface area contributed by atoms with Crippen molar-refractivity contribution in [2.75, 3.05) is 0 Å². The molecule has 0 spiro atoms. The Balaban J connectivity index is 1.94. The number of nitrogens with zero attached hydrogens (tertiary/aromatic N) is 1. The van der Waals surface area contributed by atoms with Gasteiger partial charge < -0.3 is 5.32 Å². The summed E-state index contributed by atoms with van der Waals surface area (Å²) in [5.41, 5.74) is 8.63. The fourth-order valence-electron chi connectivity index (χ4n) is 3.78. The Hall–Kier alpha value is -3.91. The van der Waals surface area contributed by atoms with Crippen molar-refractivity contribution in [3.05, 3.63) is 139 Å². The van der Waals surface area contributed by atoms with E-state index < -0.39 is 0 Å². The minimum absolute atomic E-state index is 0.0405. The van der Waals surface area contributed by atoms with E-state index in [2.05, 4.69) is 112 Å². The number of benzene rings is 2. The molecule has 2 atom stereocenters. The van der Waals surface area contributed by atoms with Crippen LogP contribution in [0.1, 0.15) is 43.9 Å². The molecule has 172 valence electrons. The van der Waals surface area contributed by atoms with Crippen LogP contribution in [0.4, 0.5) is 0 Å². The molecule has 1 aromatic heterocycles. The van der Waals surface area contributed by atoms with Crippen molar-refractivity contribution in [2.24, 2.45) is 0 Å². The minimum Gasteiger partial charge on any atom is -0.375 e. The molecule has 0 aliphatic rings. The summed E-state index contributed by atoms with van der Waals surface area (Å²) in [4.78, 5) is 4.99. The van der Waals surface area contributed by atoms with Crippen molar-refractivity contribution < 1.29 is 0 Å². The Morgan fingerprint density at radius 3 is 2.00 bits per heavy atom. The molecule has 34 heavy (non-hydrogen) atoms. The molecule has 3 aromatic rings. The maximum absolute atomic E-state index is 4.99. The van der Waals surface area contributed by atoms with Crippen molar-refractivity contribution in [2.45, 2.75) is 32.7 Å². The highest BCUT2D eigenvalue weighted by Crippen LogP contribution is 2.28. The predicted molar refractivity (Wildman–Crippen MR) is 148 cm³/mol. The molecular formula is C32H34N2. The Bertz CT molecular complexity index is 1230. The number of aromatic nitrogens is 1. The maximum atomic E-state index is 4.99. The Labute approximate surface area is 204 Å². The first-order chi connectivity index (χ1) is 16.5. The molecule has 0 bridgehead atoms. The second-order valence-corrected chi connectivity index (χ2v) is 8.33. The highest BCUT2D eigenvalue weighted by atomic mass is 14.9. The first-order valence-corrected chi connectivity index (χ1v) is 11.7. The Kier molecular flexibility index (Phi) is 8.59. The predicted octanol–water partition coefficient (Wildman–Crippen LogP) is 8.56. The molecule has 1 heterocycles. The third-order valence-corrected chi connectivity index (χ3v) is 6.04. The largest absolute Gasteiger partial charge is 0.375 e. The molecular weight excluding hydrogens is 412 g/mol. The summed E-state index contributed by atoms with van der Waals surface area (Å²) >= 11 is 0. The number of rotatable bonds is 10. The zero-order valence-electron chi connectivity index (χ0n) is 20.5. The van der Waals surface area contributed by atoms with E-state index in [1.54, 1.807) is 6.08 Å². The number of hydrogen-bond donors (Lipinski definition) is 1. The molecule has 0 radical (unpaired) electrons. The van der Waals surface area contributed by atoms with E-state index >= 15 is 0 Å². The van der Waals surface area contributed by atoms with Crippen molar-refractivity contribution in [1.29, 1.82) is 0 Å². The topological polar surface area (TPSA) is 24.9 Å². The SMILES string of the molecule is C=C/C=C(NC(C=C)c1cccc(-c2cccc(-c3cccc(C(C)C=C)c3)n2)c1)\C(C)=C/C. The van der Waals surface area contributed by atoms with Crippen LogP contribution in [0.3, 0.4) is 0 Å². The lowest BCUT2D eigenvalue weighted by atomic mass is 9.97. The lowest BCUT2D eigenvalue weighted by Gasteiger charge is -2.20. The summed E-state index contributed by atoms with van der Waals surface area (Å²) in [7, 11) is 0. The van der Waals surface area contributed by atoms with Gasteiger partial charge in [0.25, 0.3) is 0 Å². The van der Waals surface area contributed by atoms with Crippen molar-refractivity contribution in [1.82, 2.24) is 10.3 Å². The lowest BCUT2D eigenvalue weighted by molar-refractivity contribution is 0.721. The zero-order chi connectivity index (χ0) is 24.5. The Morgan fingerprint density at radius 1 is 0.853 bits per heavy atom. The van der Waals surface area contributed by atoms with Crippen LogP contribution in [0.5, 0.6) is 0 Å². The molecule has 2 aromatic carbocycles. The molecule has 3 rings (SSSR count). The molecule has 2 heteroatoms. The van der Waals surface area contributed by atoms with Crippen LogP contribution in [0.15, 0.2) is 128 Å². The molecule has 1 N–H and O–H groups in total. The number of allylic oxidation sites excluding steroid dienone is 5. The number of pyridine rings is 1. The van der Waals surface area contributed by atoms with E-state index in [9.17, 15) is 0 Å². The van der Waals surface area contributed by atoms with Gasteiger partial charge in [-0.25, -0.2) is 4.98 Å². The first kappa shape index (κ1) is 24.7. The average molecular weight is 447 g/mol.